The first-order valence-electron chi connectivity index (χ1n) is 13.9. The summed E-state index contributed by atoms with van der Waals surface area (Å²) in [5.74, 6) is 0. The maximum Gasteiger partial charge on any atom is 0.333 e. The molecule has 2 unspecified atom stereocenters. The highest BCUT2D eigenvalue weighted by Gasteiger charge is 2.45. The van der Waals surface area contributed by atoms with Crippen molar-refractivity contribution in [1.29, 1.82) is 0 Å². The highest BCUT2D eigenvalue weighted by Crippen LogP contribution is 2.56. The van der Waals surface area contributed by atoms with Crippen LogP contribution in [0.3, 0.4) is 0 Å². The molecule has 2 saturated heterocycles. The summed E-state index contributed by atoms with van der Waals surface area (Å²) in [6, 6.07) is 41.2. The van der Waals surface area contributed by atoms with E-state index in [1.165, 1.54) is 11.1 Å². The van der Waals surface area contributed by atoms with Gasteiger partial charge < -0.3 is 27.1 Å². The molecule has 0 aromatic heterocycles. The molecule has 0 bridgehead atoms. The lowest BCUT2D eigenvalue weighted by Gasteiger charge is -2.42. The Morgan fingerprint density at radius 2 is 0.805 bits per heavy atom. The van der Waals surface area contributed by atoms with Crippen LogP contribution in [0.1, 0.15) is 34.5 Å². The summed E-state index contributed by atoms with van der Waals surface area (Å²) in [5.41, 5.74) is 4.22. The average molecular weight is 589 g/mol. The second-order valence-corrected chi connectivity index (χ2v) is 12.8. The van der Waals surface area contributed by atoms with Gasteiger partial charge >= 0.3 is 17.2 Å². The fourth-order valence-corrected chi connectivity index (χ4v) is 7.55. The Bertz CT molecular complexity index is 1200. The van der Waals surface area contributed by atoms with Gasteiger partial charge in [0.2, 0.25) is 0 Å². The first kappa shape index (κ1) is 28.6. The van der Waals surface area contributed by atoms with E-state index in [1.54, 1.807) is 0 Å². The van der Waals surface area contributed by atoms with E-state index in [9.17, 15) is 0 Å². The van der Waals surface area contributed by atoms with Gasteiger partial charge in [0.25, 0.3) is 0 Å². The fourth-order valence-electron chi connectivity index (χ4n) is 4.84. The molecule has 2 aliphatic rings. The maximum absolute atomic E-state index is 6.41. The SMILES string of the molecule is c1ccc(CC(OP2OCC3(CO2)COP(OC(Cc2ccccc2)c2ccccc2)OC3)c2ccccc2)cc1. The minimum absolute atomic E-state index is 0.168. The highest BCUT2D eigenvalue weighted by molar-refractivity contribution is 7.42. The van der Waals surface area contributed by atoms with Crippen LogP contribution in [0.15, 0.2) is 121 Å². The molecule has 0 saturated carbocycles. The van der Waals surface area contributed by atoms with Crippen LogP contribution < -0.4 is 0 Å². The molecule has 1 spiro atoms. The van der Waals surface area contributed by atoms with Crippen molar-refractivity contribution in [2.75, 3.05) is 26.4 Å². The van der Waals surface area contributed by atoms with Crippen molar-refractivity contribution < 1.29 is 27.1 Å². The van der Waals surface area contributed by atoms with Crippen LogP contribution in [0.25, 0.3) is 0 Å². The van der Waals surface area contributed by atoms with Crippen molar-refractivity contribution in [1.82, 2.24) is 0 Å². The largest absolute Gasteiger partial charge is 0.333 e. The molecule has 8 heteroatoms. The predicted octanol–water partition coefficient (Wildman–Crippen LogP) is 8.52. The summed E-state index contributed by atoms with van der Waals surface area (Å²) in [5, 5.41) is 0. The van der Waals surface area contributed by atoms with Crippen LogP contribution in [0.4, 0.5) is 0 Å². The van der Waals surface area contributed by atoms with E-state index in [0.29, 0.717) is 26.4 Å². The van der Waals surface area contributed by atoms with E-state index in [1.807, 2.05) is 72.8 Å². The van der Waals surface area contributed by atoms with Gasteiger partial charge in [-0.1, -0.05) is 121 Å². The van der Waals surface area contributed by atoms with Gasteiger partial charge in [-0.2, -0.15) is 0 Å². The molecule has 4 aromatic rings. The topological polar surface area (TPSA) is 55.4 Å². The summed E-state index contributed by atoms with van der Waals surface area (Å²) in [6.07, 6.45) is 1.14. The molecular weight excluding hydrogens is 554 g/mol. The Labute approximate surface area is 244 Å². The molecule has 0 radical (unpaired) electrons. The quantitative estimate of drug-likeness (QED) is 0.173. The lowest BCUT2D eigenvalue weighted by atomic mass is 9.93. The molecule has 41 heavy (non-hydrogen) atoms. The van der Waals surface area contributed by atoms with Crippen molar-refractivity contribution in [3.8, 4) is 0 Å². The third-order valence-corrected chi connectivity index (χ3v) is 9.41. The zero-order valence-electron chi connectivity index (χ0n) is 22.8. The summed E-state index contributed by atoms with van der Waals surface area (Å²) in [4.78, 5) is 0. The third kappa shape index (κ3) is 7.87. The summed E-state index contributed by atoms with van der Waals surface area (Å²) in [6.45, 7) is 1.78. The Hall–Kier alpha value is -2.50. The molecule has 6 rings (SSSR count). The van der Waals surface area contributed by atoms with Crippen molar-refractivity contribution >= 4 is 17.2 Å². The smallest absolute Gasteiger partial charge is 0.311 e. The summed E-state index contributed by atoms with van der Waals surface area (Å²) < 4.78 is 37.4. The van der Waals surface area contributed by atoms with Gasteiger partial charge in [-0.05, 0) is 22.3 Å². The van der Waals surface area contributed by atoms with Crippen molar-refractivity contribution in [2.45, 2.75) is 25.0 Å². The van der Waals surface area contributed by atoms with Crippen LogP contribution in [-0.2, 0) is 40.0 Å². The van der Waals surface area contributed by atoms with Crippen molar-refractivity contribution in [2.24, 2.45) is 5.41 Å². The van der Waals surface area contributed by atoms with Crippen LogP contribution in [-0.4, -0.2) is 26.4 Å². The Kier molecular flexibility index (Phi) is 9.85. The van der Waals surface area contributed by atoms with E-state index in [0.717, 1.165) is 24.0 Å². The standard InChI is InChI=1S/C33H34O6P2/c1-5-13-27(14-6-1)21-31(29-17-9-3-10-18-29)38-40-34-23-33(24-35-40)25-36-41(37-26-33)39-32(30-19-11-4-12-20-30)22-28-15-7-2-8-16-28/h1-20,31-32H,21-26H2. The molecule has 2 heterocycles. The predicted molar refractivity (Wildman–Crippen MR) is 161 cm³/mol. The monoisotopic (exact) mass is 588 g/mol. The molecule has 2 fully saturated rings. The van der Waals surface area contributed by atoms with Gasteiger partial charge in [-0.3, -0.25) is 0 Å². The molecule has 4 aromatic carbocycles. The average Bonchev–Trinajstić information content (AvgIpc) is 3.04. The number of benzene rings is 4. The zero-order chi connectivity index (χ0) is 27.7. The summed E-state index contributed by atoms with van der Waals surface area (Å²) >= 11 is 0. The molecule has 0 amide bonds. The third-order valence-electron chi connectivity index (χ3n) is 7.20. The fraction of sp³-hybridized carbons (Fsp3) is 0.273. The maximum atomic E-state index is 6.41. The Balaban J connectivity index is 1.03. The lowest BCUT2D eigenvalue weighted by molar-refractivity contribution is -0.0820. The minimum atomic E-state index is -1.50. The van der Waals surface area contributed by atoms with Gasteiger partial charge in [0, 0.05) is 12.8 Å². The molecule has 0 aliphatic carbocycles. The number of hydrogen-bond acceptors (Lipinski definition) is 6. The second kappa shape index (κ2) is 14.1. The van der Waals surface area contributed by atoms with E-state index >= 15 is 0 Å². The number of hydrogen-bond donors (Lipinski definition) is 0. The zero-order valence-corrected chi connectivity index (χ0v) is 24.6. The van der Waals surface area contributed by atoms with E-state index in [-0.39, 0.29) is 17.6 Å². The van der Waals surface area contributed by atoms with E-state index < -0.39 is 17.2 Å². The van der Waals surface area contributed by atoms with Gasteiger partial charge in [0.1, 0.15) is 0 Å². The second-order valence-electron chi connectivity index (χ2n) is 10.4. The first-order chi connectivity index (χ1) is 20.2. The van der Waals surface area contributed by atoms with Crippen LogP contribution in [0, 0.1) is 5.41 Å². The van der Waals surface area contributed by atoms with Gasteiger partial charge in [0.05, 0.1) is 44.1 Å². The van der Waals surface area contributed by atoms with Crippen LogP contribution in [0.5, 0.6) is 0 Å². The summed E-state index contributed by atoms with van der Waals surface area (Å²) in [7, 11) is -3.01. The molecule has 2 aliphatic heterocycles. The lowest BCUT2D eigenvalue weighted by Crippen LogP contribution is -2.45. The highest BCUT2D eigenvalue weighted by atomic mass is 31.2. The molecule has 2 atom stereocenters. The van der Waals surface area contributed by atoms with Gasteiger partial charge in [0.15, 0.2) is 0 Å². The Morgan fingerprint density at radius 1 is 0.488 bits per heavy atom. The van der Waals surface area contributed by atoms with Crippen LogP contribution >= 0.6 is 17.2 Å². The minimum Gasteiger partial charge on any atom is -0.311 e. The molecule has 0 N–H and O–H groups in total. The van der Waals surface area contributed by atoms with Gasteiger partial charge in [-0.25, -0.2) is 0 Å². The Morgan fingerprint density at radius 3 is 1.15 bits per heavy atom. The molecule has 6 nitrogen and oxygen atoms in total. The first-order valence-corrected chi connectivity index (χ1v) is 16.1. The van der Waals surface area contributed by atoms with E-state index in [2.05, 4.69) is 48.5 Å². The van der Waals surface area contributed by atoms with E-state index in [4.69, 9.17) is 27.1 Å². The van der Waals surface area contributed by atoms with Crippen molar-refractivity contribution in [3.63, 3.8) is 0 Å². The molecule has 212 valence electrons. The van der Waals surface area contributed by atoms with Gasteiger partial charge in [-0.15, -0.1) is 0 Å². The number of rotatable bonds is 10. The normalized spacial score (nSPS) is 24.1. The molecular formula is C33H34O6P2. The van der Waals surface area contributed by atoms with Crippen LogP contribution in [0.2, 0.25) is 0 Å². The van der Waals surface area contributed by atoms with Crippen molar-refractivity contribution in [3.05, 3.63) is 144 Å².